The first-order valence-corrected chi connectivity index (χ1v) is 13.3. The Hall–Kier alpha value is -3.15. The number of rotatable bonds is 9. The summed E-state index contributed by atoms with van der Waals surface area (Å²) < 4.78 is 40.2. The Bertz CT molecular complexity index is 1050. The van der Waals surface area contributed by atoms with E-state index in [4.69, 9.17) is 9.47 Å². The molecule has 1 aliphatic heterocycles. The van der Waals surface area contributed by atoms with E-state index in [-0.39, 0.29) is 19.1 Å². The van der Waals surface area contributed by atoms with Crippen molar-refractivity contribution in [3.8, 4) is 0 Å². The summed E-state index contributed by atoms with van der Waals surface area (Å²) in [6.07, 6.45) is -0.697. The number of benzene rings is 1. The molecule has 200 valence electrons. The summed E-state index contributed by atoms with van der Waals surface area (Å²) in [6.45, 7) is 6.84. The van der Waals surface area contributed by atoms with Gasteiger partial charge in [0.15, 0.2) is 9.84 Å². The van der Waals surface area contributed by atoms with Gasteiger partial charge in [0.1, 0.15) is 30.0 Å². The molecule has 1 saturated heterocycles. The number of methoxy groups -OCH3 is 1. The summed E-state index contributed by atoms with van der Waals surface area (Å²) in [7, 11) is -3.12. The van der Waals surface area contributed by atoms with Crippen LogP contribution in [-0.4, -0.2) is 80.1 Å². The maximum atomic E-state index is 13.5. The number of nitrogens with zero attached hydrogens (tertiary/aromatic N) is 1. The zero-order chi connectivity index (χ0) is 27.1. The van der Waals surface area contributed by atoms with Crippen molar-refractivity contribution in [3.05, 3.63) is 35.9 Å². The van der Waals surface area contributed by atoms with Crippen LogP contribution in [0.3, 0.4) is 0 Å². The van der Waals surface area contributed by atoms with E-state index in [1.165, 1.54) is 4.90 Å². The topological polar surface area (TPSA) is 145 Å². The van der Waals surface area contributed by atoms with Crippen LogP contribution in [0, 0.1) is 5.92 Å². The number of esters is 2. The summed E-state index contributed by atoms with van der Waals surface area (Å²) in [6, 6.07) is 6.47. The van der Waals surface area contributed by atoms with Crippen LogP contribution in [0.4, 0.5) is 4.79 Å². The number of hydrogen-bond acceptors (Lipinski definition) is 9. The van der Waals surface area contributed by atoms with Gasteiger partial charge in [-0.25, -0.2) is 18.0 Å². The molecule has 1 aromatic rings. The van der Waals surface area contributed by atoms with Gasteiger partial charge in [-0.3, -0.25) is 9.59 Å². The van der Waals surface area contributed by atoms with E-state index in [0.29, 0.717) is 6.42 Å². The van der Waals surface area contributed by atoms with E-state index in [0.717, 1.165) is 12.7 Å². The van der Waals surface area contributed by atoms with E-state index in [9.17, 15) is 27.6 Å². The van der Waals surface area contributed by atoms with Crippen LogP contribution < -0.4 is 5.32 Å². The Morgan fingerprint density at radius 1 is 1.14 bits per heavy atom. The van der Waals surface area contributed by atoms with E-state index >= 15 is 0 Å². The van der Waals surface area contributed by atoms with Crippen molar-refractivity contribution in [2.75, 3.05) is 25.2 Å². The minimum Gasteiger partial charge on any atom is -0.468 e. The van der Waals surface area contributed by atoms with Gasteiger partial charge in [0, 0.05) is 6.54 Å². The van der Waals surface area contributed by atoms with Crippen LogP contribution in [0.5, 0.6) is 0 Å². The quantitative estimate of drug-likeness (QED) is 0.373. The first kappa shape index (κ1) is 29.1. The molecule has 0 bridgehead atoms. The molecular weight excluding hydrogens is 492 g/mol. The lowest BCUT2D eigenvalue weighted by molar-refractivity contribution is -0.154. The number of carbonyl (C=O) groups is 4. The summed E-state index contributed by atoms with van der Waals surface area (Å²) in [5.41, 5.74) is -0.137. The maximum absolute atomic E-state index is 13.5. The molecule has 1 aliphatic rings. The van der Waals surface area contributed by atoms with Crippen molar-refractivity contribution in [3.63, 3.8) is 0 Å². The van der Waals surface area contributed by atoms with E-state index in [2.05, 4.69) is 10.1 Å². The Morgan fingerprint density at radius 2 is 1.78 bits per heavy atom. The number of sulfone groups is 1. The lowest BCUT2D eigenvalue weighted by Crippen LogP contribution is -2.55. The minimum atomic E-state index is -4.16. The van der Waals surface area contributed by atoms with E-state index in [1.54, 1.807) is 45.0 Å². The Labute approximate surface area is 211 Å². The zero-order valence-corrected chi connectivity index (χ0v) is 22.0. The Kier molecular flexibility index (Phi) is 9.85. The number of alkyl carbamates (subject to hydrolysis) is 1. The van der Waals surface area contributed by atoms with Gasteiger partial charge in [-0.05, 0) is 38.7 Å². The smallest absolute Gasteiger partial charge is 0.408 e. The van der Waals surface area contributed by atoms with E-state index < -0.39 is 63.0 Å². The van der Waals surface area contributed by atoms with Gasteiger partial charge in [-0.1, -0.05) is 37.3 Å². The SMILES string of the molecule is COC(=O)CS(=O)(=O)CC(NC(=O)OC(C)(C)C)C(=O)N1C[C@@H](C)CC1C(=O)OCc1ccccc1. The number of carbonyl (C=O) groups excluding carboxylic acids is 4. The summed E-state index contributed by atoms with van der Waals surface area (Å²) in [4.78, 5) is 51.5. The first-order valence-electron chi connectivity index (χ1n) is 11.5. The standard InChI is InChI=1S/C24H34N2O9S/c1-16-11-19(22(29)34-13-17-9-7-6-8-10-17)26(12-16)21(28)18(25-23(30)35-24(2,3)4)14-36(31,32)15-20(27)33-5/h6-10,16,18-19H,11-15H2,1-5H3,(H,25,30)/t16-,18?,19?/m0/s1. The molecule has 1 fully saturated rings. The van der Waals surface area contributed by atoms with Crippen molar-refractivity contribution >= 4 is 33.8 Å². The molecule has 2 rings (SSSR count). The lowest BCUT2D eigenvalue weighted by Gasteiger charge is -2.29. The average Bonchev–Trinajstić information content (AvgIpc) is 3.17. The molecular formula is C24H34N2O9S. The van der Waals surface area contributed by atoms with Gasteiger partial charge >= 0.3 is 18.0 Å². The molecule has 0 saturated carbocycles. The molecule has 1 aromatic carbocycles. The second-order valence-corrected chi connectivity index (χ2v) is 11.9. The molecule has 1 heterocycles. The highest BCUT2D eigenvalue weighted by atomic mass is 32.2. The largest absolute Gasteiger partial charge is 0.468 e. The number of likely N-dealkylation sites (tertiary alicyclic amines) is 1. The summed E-state index contributed by atoms with van der Waals surface area (Å²) >= 11 is 0. The third-order valence-electron chi connectivity index (χ3n) is 5.26. The van der Waals surface area contributed by atoms with Gasteiger partial charge in [0.25, 0.3) is 0 Å². The Balaban J connectivity index is 2.23. The zero-order valence-electron chi connectivity index (χ0n) is 21.2. The van der Waals surface area contributed by atoms with Crippen LogP contribution in [-0.2, 0) is 45.0 Å². The van der Waals surface area contributed by atoms with Crippen molar-refractivity contribution in [2.45, 2.75) is 58.4 Å². The van der Waals surface area contributed by atoms with E-state index in [1.807, 2.05) is 13.0 Å². The molecule has 2 amide bonds. The van der Waals surface area contributed by atoms with Gasteiger partial charge in [-0.15, -0.1) is 0 Å². The second kappa shape index (κ2) is 12.2. The number of ether oxygens (including phenoxy) is 3. The van der Waals surface area contributed by atoms with Crippen LogP contribution in [0.15, 0.2) is 30.3 Å². The molecule has 0 spiro atoms. The van der Waals surface area contributed by atoms with Gasteiger partial charge in [-0.2, -0.15) is 0 Å². The molecule has 11 nitrogen and oxygen atoms in total. The van der Waals surface area contributed by atoms with Crippen molar-refractivity contribution in [1.82, 2.24) is 10.2 Å². The van der Waals surface area contributed by atoms with Crippen LogP contribution >= 0.6 is 0 Å². The van der Waals surface area contributed by atoms with Crippen LogP contribution in [0.25, 0.3) is 0 Å². The molecule has 36 heavy (non-hydrogen) atoms. The van der Waals surface area contributed by atoms with Crippen LogP contribution in [0.2, 0.25) is 0 Å². The van der Waals surface area contributed by atoms with Crippen molar-refractivity contribution < 1.29 is 41.8 Å². The molecule has 2 unspecified atom stereocenters. The highest BCUT2D eigenvalue weighted by Crippen LogP contribution is 2.25. The van der Waals surface area contributed by atoms with Gasteiger partial charge in [0.05, 0.1) is 12.9 Å². The predicted molar refractivity (Wildman–Crippen MR) is 129 cm³/mol. The van der Waals surface area contributed by atoms with Crippen molar-refractivity contribution in [1.29, 1.82) is 0 Å². The number of amides is 2. The number of nitrogens with one attached hydrogen (secondary N) is 1. The average molecular weight is 527 g/mol. The molecule has 12 heteroatoms. The highest BCUT2D eigenvalue weighted by Gasteiger charge is 2.43. The highest BCUT2D eigenvalue weighted by molar-refractivity contribution is 7.92. The normalized spacial score (nSPS) is 18.8. The summed E-state index contributed by atoms with van der Waals surface area (Å²) in [5.74, 6) is -4.35. The fourth-order valence-corrected chi connectivity index (χ4v) is 5.04. The third-order valence-corrected chi connectivity index (χ3v) is 6.78. The second-order valence-electron chi connectivity index (χ2n) is 9.77. The molecule has 1 N–H and O–H groups in total. The monoisotopic (exact) mass is 526 g/mol. The molecule has 3 atom stereocenters. The van der Waals surface area contributed by atoms with Gasteiger partial charge < -0.3 is 24.4 Å². The maximum Gasteiger partial charge on any atom is 0.408 e. The van der Waals surface area contributed by atoms with Gasteiger partial charge in [0.2, 0.25) is 5.91 Å². The fourth-order valence-electron chi connectivity index (χ4n) is 3.71. The first-order chi connectivity index (χ1) is 16.7. The van der Waals surface area contributed by atoms with Crippen LogP contribution in [0.1, 0.15) is 39.7 Å². The molecule has 0 aromatic heterocycles. The Morgan fingerprint density at radius 3 is 2.36 bits per heavy atom. The minimum absolute atomic E-state index is 0.0136. The molecule has 0 aliphatic carbocycles. The number of hydrogen-bond donors (Lipinski definition) is 1. The molecule has 0 radical (unpaired) electrons. The fraction of sp³-hybridized carbons (Fsp3) is 0.583. The van der Waals surface area contributed by atoms with Crippen molar-refractivity contribution in [2.24, 2.45) is 5.92 Å². The predicted octanol–water partition coefficient (Wildman–Crippen LogP) is 1.45. The summed E-state index contributed by atoms with van der Waals surface area (Å²) in [5, 5.41) is 2.29. The third kappa shape index (κ3) is 9.14. The lowest BCUT2D eigenvalue weighted by atomic mass is 10.1.